The van der Waals surface area contributed by atoms with Crippen molar-refractivity contribution in [2.45, 2.75) is 114 Å². The molecular formula is C45H56F3N5O6Si. The summed E-state index contributed by atoms with van der Waals surface area (Å²) in [4.78, 5) is 28.1. The number of pyridine rings is 1. The lowest BCUT2D eigenvalue weighted by molar-refractivity contribution is -0.141. The molecule has 4 atom stereocenters. The van der Waals surface area contributed by atoms with Gasteiger partial charge in [-0.05, 0) is 78.9 Å². The van der Waals surface area contributed by atoms with Gasteiger partial charge in [-0.15, -0.1) is 5.54 Å². The second-order valence-corrected chi connectivity index (χ2v) is 23.2. The second kappa shape index (κ2) is 17.4. The maximum atomic E-state index is 17.7. The van der Waals surface area contributed by atoms with E-state index in [9.17, 15) is 14.3 Å². The van der Waals surface area contributed by atoms with Gasteiger partial charge in [0.15, 0.2) is 12.6 Å². The standard InChI is InChI=1S/C45H56F3N5O6Si/c1-25(2)60(26(3)4,27(5)6)17-14-33-35(47)13-11-28-19-32(59-24-56-7)20-34(36(28)33)39-38(48)40-37(42(50-39)57-8)41(49-31-12-10-29(18-31)43(54)55)52-44(51-40)58-23-45-15-9-16-53(45)22-30(46)21-45/h11,13,19-20,25-27,29-31H,9-10,12,15-16,18,21-24H2,1-8H3,(H,54,55)(H,49,51,52)/t29-,30+,31+,45-/m0/s1. The molecule has 60 heavy (non-hydrogen) atoms. The van der Waals surface area contributed by atoms with Crippen molar-refractivity contribution in [2.24, 2.45) is 5.92 Å². The first-order chi connectivity index (χ1) is 28.6. The Balaban J connectivity index is 1.45. The molecule has 0 radical (unpaired) electrons. The molecule has 1 aliphatic carbocycles. The summed E-state index contributed by atoms with van der Waals surface area (Å²) in [6.45, 7) is 14.2. The maximum absolute atomic E-state index is 17.7. The van der Waals surface area contributed by atoms with Gasteiger partial charge in [0.05, 0.1) is 24.1 Å². The van der Waals surface area contributed by atoms with E-state index in [4.69, 9.17) is 28.9 Å². The third-order valence-electron chi connectivity index (χ3n) is 13.2. The van der Waals surface area contributed by atoms with Gasteiger partial charge < -0.3 is 29.4 Å². The topological polar surface area (TPSA) is 128 Å². The van der Waals surface area contributed by atoms with Crippen LogP contribution in [0, 0.1) is 29.0 Å². The lowest BCUT2D eigenvalue weighted by Gasteiger charge is -2.38. The Morgan fingerprint density at radius 1 is 1.03 bits per heavy atom. The number of ether oxygens (including phenoxy) is 4. The molecule has 7 rings (SSSR count). The molecule has 2 N–H and O–H groups in total. The summed E-state index contributed by atoms with van der Waals surface area (Å²) in [5.74, 6) is 0.910. The number of anilines is 1. The number of fused-ring (bicyclic) bond motifs is 3. The van der Waals surface area contributed by atoms with E-state index in [2.05, 4.69) is 68.2 Å². The SMILES string of the molecule is COCOc1cc(-c2nc(OC)c3c(N[C@@H]4CC[C@H](C(=O)O)C4)nc(OC[C@@]45CCCN4C[C@H](F)C5)nc3c2F)c2c(C#C[Si](C(C)C)(C(C)C)C(C)C)c(F)ccc2c1. The van der Waals surface area contributed by atoms with Crippen LogP contribution in [0.3, 0.4) is 0 Å². The van der Waals surface area contributed by atoms with Gasteiger partial charge in [-0.2, -0.15) is 9.97 Å². The number of carboxylic acids is 1. The molecule has 2 saturated heterocycles. The average Bonchev–Trinajstić information content (AvgIpc) is 3.91. The number of hydrogen-bond acceptors (Lipinski definition) is 10. The molecule has 11 nitrogen and oxygen atoms in total. The second-order valence-electron chi connectivity index (χ2n) is 17.6. The van der Waals surface area contributed by atoms with Gasteiger partial charge in [0, 0.05) is 37.1 Å². The number of rotatable bonds is 14. The molecule has 0 amide bonds. The molecular weight excluding hydrogens is 792 g/mol. The molecule has 322 valence electrons. The minimum absolute atomic E-state index is 0.0221. The normalized spacial score (nSPS) is 21.9. The van der Waals surface area contributed by atoms with Crippen LogP contribution in [0.15, 0.2) is 24.3 Å². The largest absolute Gasteiger partial charge is 0.481 e. The van der Waals surface area contributed by atoms with Crippen molar-refractivity contribution in [3.8, 4) is 40.4 Å². The van der Waals surface area contributed by atoms with Gasteiger partial charge in [-0.25, -0.2) is 18.2 Å². The zero-order valence-electron chi connectivity index (χ0n) is 35.8. The van der Waals surface area contributed by atoms with Crippen molar-refractivity contribution in [3.63, 3.8) is 0 Å². The number of hydrogen-bond donors (Lipinski definition) is 2. The van der Waals surface area contributed by atoms with Gasteiger partial charge in [-0.1, -0.05) is 53.5 Å². The highest BCUT2D eigenvalue weighted by Gasteiger charge is 2.49. The monoisotopic (exact) mass is 847 g/mol. The first-order valence-electron chi connectivity index (χ1n) is 21.0. The number of alkyl halides is 1. The zero-order chi connectivity index (χ0) is 43.1. The van der Waals surface area contributed by atoms with Crippen LogP contribution in [-0.4, -0.2) is 97.5 Å². The number of nitrogens with zero attached hydrogens (tertiary/aromatic N) is 4. The fourth-order valence-electron chi connectivity index (χ4n) is 10.3. The van der Waals surface area contributed by atoms with E-state index in [1.54, 1.807) is 18.2 Å². The van der Waals surface area contributed by atoms with Crippen molar-refractivity contribution in [1.29, 1.82) is 0 Å². The van der Waals surface area contributed by atoms with Gasteiger partial charge >= 0.3 is 12.0 Å². The molecule has 4 heterocycles. The number of benzene rings is 2. The minimum atomic E-state index is -2.35. The Morgan fingerprint density at radius 2 is 1.78 bits per heavy atom. The van der Waals surface area contributed by atoms with Crippen LogP contribution >= 0.6 is 0 Å². The molecule has 2 aliphatic heterocycles. The van der Waals surface area contributed by atoms with Gasteiger partial charge in [0.25, 0.3) is 0 Å². The molecule has 3 fully saturated rings. The highest BCUT2D eigenvalue weighted by molar-refractivity contribution is 6.90. The number of carboxylic acid groups (broad SMARTS) is 1. The predicted molar refractivity (Wildman–Crippen MR) is 228 cm³/mol. The van der Waals surface area contributed by atoms with Crippen LogP contribution in [-0.2, 0) is 9.53 Å². The zero-order valence-corrected chi connectivity index (χ0v) is 36.8. The summed E-state index contributed by atoms with van der Waals surface area (Å²) in [6.07, 6.45) is 2.29. The molecule has 3 aliphatic rings. The Kier molecular flexibility index (Phi) is 12.6. The van der Waals surface area contributed by atoms with E-state index in [0.29, 0.717) is 48.8 Å². The Bertz CT molecular complexity index is 2310. The number of halogens is 3. The fourth-order valence-corrected chi connectivity index (χ4v) is 15.5. The lowest BCUT2D eigenvalue weighted by atomic mass is 9.95. The summed E-state index contributed by atoms with van der Waals surface area (Å²) in [6, 6.07) is 5.83. The first-order valence-corrected chi connectivity index (χ1v) is 23.2. The summed E-state index contributed by atoms with van der Waals surface area (Å²) in [7, 11) is 0.534. The van der Waals surface area contributed by atoms with E-state index in [-0.39, 0.29) is 81.5 Å². The summed E-state index contributed by atoms with van der Waals surface area (Å²) in [5.41, 5.74) is 3.88. The summed E-state index contributed by atoms with van der Waals surface area (Å²) in [5, 5.41) is 14.1. The van der Waals surface area contributed by atoms with Crippen LogP contribution < -0.4 is 19.5 Å². The van der Waals surface area contributed by atoms with E-state index in [1.807, 2.05) is 0 Å². The summed E-state index contributed by atoms with van der Waals surface area (Å²) < 4.78 is 72.0. The Labute approximate surface area is 350 Å². The average molecular weight is 848 g/mol. The lowest BCUT2D eigenvalue weighted by Crippen LogP contribution is -2.43. The fraction of sp³-hybridized carbons (Fsp3) is 0.556. The van der Waals surface area contributed by atoms with Crippen molar-refractivity contribution in [2.75, 3.05) is 46.0 Å². The van der Waals surface area contributed by atoms with Gasteiger partial charge in [-0.3, -0.25) is 9.69 Å². The molecule has 0 spiro atoms. The van der Waals surface area contributed by atoms with Crippen molar-refractivity contribution < 1.29 is 42.0 Å². The molecule has 0 bridgehead atoms. The molecule has 15 heteroatoms. The van der Waals surface area contributed by atoms with Crippen molar-refractivity contribution in [3.05, 3.63) is 41.5 Å². The number of methoxy groups -OCH3 is 2. The van der Waals surface area contributed by atoms with Crippen LogP contribution in [0.25, 0.3) is 32.9 Å². The van der Waals surface area contributed by atoms with Crippen molar-refractivity contribution >= 4 is 41.5 Å². The van der Waals surface area contributed by atoms with Crippen LogP contribution in [0.2, 0.25) is 16.6 Å². The van der Waals surface area contributed by atoms with E-state index in [0.717, 1.165) is 19.4 Å². The van der Waals surface area contributed by atoms with Crippen LogP contribution in [0.5, 0.6) is 17.6 Å². The van der Waals surface area contributed by atoms with Gasteiger partial charge in [0.2, 0.25) is 5.88 Å². The van der Waals surface area contributed by atoms with Crippen molar-refractivity contribution in [1.82, 2.24) is 19.9 Å². The highest BCUT2D eigenvalue weighted by atomic mass is 28.3. The maximum Gasteiger partial charge on any atom is 0.319 e. The number of nitrogens with one attached hydrogen (secondary N) is 1. The molecule has 2 aromatic carbocycles. The Hall–Kier alpha value is -4.65. The number of aliphatic carboxylic acids is 1. The number of carbonyl (C=O) groups is 1. The first kappa shape index (κ1) is 43.4. The van der Waals surface area contributed by atoms with Gasteiger partial charge in [0.1, 0.15) is 54.8 Å². The smallest absolute Gasteiger partial charge is 0.319 e. The number of aromatic nitrogens is 3. The van der Waals surface area contributed by atoms with Crippen LogP contribution in [0.1, 0.15) is 85.6 Å². The van der Waals surface area contributed by atoms with E-state index >= 15 is 8.78 Å². The van der Waals surface area contributed by atoms with Crippen LogP contribution in [0.4, 0.5) is 19.0 Å². The van der Waals surface area contributed by atoms with E-state index in [1.165, 1.54) is 20.3 Å². The highest BCUT2D eigenvalue weighted by Crippen LogP contribution is 2.45. The molecule has 1 saturated carbocycles. The Morgan fingerprint density at radius 3 is 2.45 bits per heavy atom. The molecule has 0 unspecified atom stereocenters. The summed E-state index contributed by atoms with van der Waals surface area (Å²) >= 11 is 0. The quantitative estimate of drug-likeness (QED) is 0.0716. The third-order valence-corrected chi connectivity index (χ3v) is 19.5. The van der Waals surface area contributed by atoms with E-state index < -0.39 is 43.3 Å². The minimum Gasteiger partial charge on any atom is -0.481 e. The molecule has 4 aromatic rings. The third kappa shape index (κ3) is 7.98. The molecule has 2 aromatic heterocycles. The predicted octanol–water partition coefficient (Wildman–Crippen LogP) is 9.30.